The summed E-state index contributed by atoms with van der Waals surface area (Å²) in [6.07, 6.45) is 3.66. The molecule has 0 aliphatic carbocycles. The number of aryl methyl sites for hydroxylation is 2. The van der Waals surface area contributed by atoms with Crippen molar-refractivity contribution in [2.24, 2.45) is 0 Å². The Hall–Kier alpha value is -2.86. The number of methoxy groups -OCH3 is 1. The molecule has 0 spiro atoms. The summed E-state index contributed by atoms with van der Waals surface area (Å²) < 4.78 is 28.1. The number of aromatic nitrogens is 4. The highest BCUT2D eigenvalue weighted by atomic mass is 16.7. The molecule has 210 valence electrons. The molecule has 4 N–H and O–H groups in total. The van der Waals surface area contributed by atoms with E-state index in [1.807, 2.05) is 36.9 Å². The lowest BCUT2D eigenvalue weighted by molar-refractivity contribution is -0.671. The van der Waals surface area contributed by atoms with Crippen molar-refractivity contribution < 1.29 is 38.3 Å². The van der Waals surface area contributed by atoms with E-state index in [0.29, 0.717) is 13.2 Å². The summed E-state index contributed by atoms with van der Waals surface area (Å²) in [5, 5.41) is 20.7. The monoisotopic (exact) mass is 540 g/mol. The van der Waals surface area contributed by atoms with Gasteiger partial charge in [-0.05, 0) is 49.9 Å². The number of fused-ring (bicyclic) bond motifs is 2. The van der Waals surface area contributed by atoms with Crippen LogP contribution in [0, 0.1) is 0 Å². The van der Waals surface area contributed by atoms with Crippen LogP contribution in [0.2, 0.25) is 0 Å². The molecule has 10 heteroatoms. The third kappa shape index (κ3) is 6.49. The van der Waals surface area contributed by atoms with Crippen LogP contribution >= 0.6 is 0 Å². The standard InChI is InChI=1S/C29H38N4O6/c1-36-29-28(38-17-9-7-15-33-20-31-22-11-3-5-13-24(22)33)27(26(35)25(18-34)39-29)37-16-8-6-14-32-19-30-21-10-2-4-12-23(21)32/h2-5,10-13,19-20,25-29,34-35H,6-9,14-18H2,1H3/p+2/t25-,26-,27+,28-,29+/m1/s1. The number of nitrogens with one attached hydrogen (secondary N) is 2. The fourth-order valence-electron chi connectivity index (χ4n) is 5.30. The van der Waals surface area contributed by atoms with Gasteiger partial charge in [-0.1, -0.05) is 24.3 Å². The maximum atomic E-state index is 10.9. The average Bonchev–Trinajstić information content (AvgIpc) is 3.58. The zero-order valence-electron chi connectivity index (χ0n) is 22.4. The maximum absolute atomic E-state index is 10.9. The summed E-state index contributed by atoms with van der Waals surface area (Å²) >= 11 is 0. The summed E-state index contributed by atoms with van der Waals surface area (Å²) in [7, 11) is 1.54. The molecule has 1 saturated heterocycles. The summed E-state index contributed by atoms with van der Waals surface area (Å²) in [4.78, 5) is 6.58. The van der Waals surface area contributed by atoms with Crippen LogP contribution in [-0.4, -0.2) is 77.8 Å². The van der Waals surface area contributed by atoms with E-state index in [2.05, 4.69) is 43.4 Å². The molecule has 1 fully saturated rings. The van der Waals surface area contributed by atoms with Crippen molar-refractivity contribution in [2.45, 2.75) is 69.5 Å². The predicted octanol–water partition coefficient (Wildman–Crippen LogP) is 1.98. The van der Waals surface area contributed by atoms with Crippen molar-refractivity contribution in [3.05, 3.63) is 61.2 Å². The molecule has 0 bridgehead atoms. The Morgan fingerprint density at radius 1 is 0.795 bits per heavy atom. The zero-order chi connectivity index (χ0) is 27.0. The molecule has 3 heterocycles. The lowest BCUT2D eigenvalue weighted by Gasteiger charge is -2.43. The molecule has 5 atom stereocenters. The van der Waals surface area contributed by atoms with E-state index in [0.717, 1.165) is 49.8 Å². The Labute approximate surface area is 228 Å². The van der Waals surface area contributed by atoms with Crippen LogP contribution < -0.4 is 9.13 Å². The number of hydrogen-bond donors (Lipinski definition) is 4. The second-order valence-corrected chi connectivity index (χ2v) is 10.0. The van der Waals surface area contributed by atoms with Gasteiger partial charge in [0.2, 0.25) is 12.7 Å². The van der Waals surface area contributed by atoms with Crippen molar-refractivity contribution >= 4 is 22.1 Å². The van der Waals surface area contributed by atoms with Gasteiger partial charge in [0.05, 0.1) is 19.7 Å². The minimum Gasteiger partial charge on any atom is -0.394 e. The highest BCUT2D eigenvalue weighted by Crippen LogP contribution is 2.27. The molecule has 39 heavy (non-hydrogen) atoms. The van der Waals surface area contributed by atoms with Crippen LogP contribution in [0.25, 0.3) is 22.1 Å². The number of para-hydroxylation sites is 4. The van der Waals surface area contributed by atoms with E-state index < -0.39 is 30.7 Å². The predicted molar refractivity (Wildman–Crippen MR) is 144 cm³/mol. The lowest BCUT2D eigenvalue weighted by atomic mass is 9.98. The fourth-order valence-corrected chi connectivity index (χ4v) is 5.30. The van der Waals surface area contributed by atoms with Crippen LogP contribution in [-0.2, 0) is 32.0 Å². The van der Waals surface area contributed by atoms with Gasteiger partial charge in [0.25, 0.3) is 0 Å². The van der Waals surface area contributed by atoms with Crippen LogP contribution in [0.1, 0.15) is 25.7 Å². The summed E-state index contributed by atoms with van der Waals surface area (Å²) in [6, 6.07) is 16.4. The van der Waals surface area contributed by atoms with Crippen molar-refractivity contribution in [3.8, 4) is 0 Å². The van der Waals surface area contributed by atoms with Crippen LogP contribution in [0.4, 0.5) is 0 Å². The Kier molecular flexibility index (Phi) is 9.57. The van der Waals surface area contributed by atoms with E-state index in [1.165, 1.54) is 18.1 Å². The zero-order valence-corrected chi connectivity index (χ0v) is 22.4. The number of nitrogens with zero attached hydrogens (tertiary/aromatic N) is 2. The first-order valence-electron chi connectivity index (χ1n) is 13.8. The van der Waals surface area contributed by atoms with Gasteiger partial charge in [-0.2, -0.15) is 0 Å². The van der Waals surface area contributed by atoms with Crippen LogP contribution in [0.5, 0.6) is 0 Å². The molecule has 4 aromatic rings. The largest absolute Gasteiger partial charge is 0.394 e. The molecule has 0 unspecified atom stereocenters. The summed E-state index contributed by atoms with van der Waals surface area (Å²) in [6.45, 7) is 2.33. The Morgan fingerprint density at radius 2 is 1.33 bits per heavy atom. The van der Waals surface area contributed by atoms with Gasteiger partial charge < -0.3 is 29.2 Å². The first-order valence-corrected chi connectivity index (χ1v) is 13.8. The van der Waals surface area contributed by atoms with Crippen molar-refractivity contribution in [2.75, 3.05) is 26.9 Å². The van der Waals surface area contributed by atoms with Crippen molar-refractivity contribution in [3.63, 3.8) is 0 Å². The number of aliphatic hydroxyl groups excluding tert-OH is 2. The lowest BCUT2D eigenvalue weighted by Crippen LogP contribution is -2.60. The molecule has 1 aliphatic rings. The van der Waals surface area contributed by atoms with Gasteiger partial charge in [-0.3, -0.25) is 0 Å². The minimum atomic E-state index is -1.02. The van der Waals surface area contributed by atoms with Crippen molar-refractivity contribution in [1.82, 2.24) is 9.97 Å². The molecule has 0 saturated carbocycles. The van der Waals surface area contributed by atoms with E-state index in [-0.39, 0.29) is 6.61 Å². The number of hydrogen-bond acceptors (Lipinski definition) is 6. The SMILES string of the molecule is CO[C@H]1O[C@H](CO)[C@@H](O)[C@H](OCCCC[n+]2c[nH]c3ccccc32)[C@H]1OCCCC[n+]1c[nH]c2ccccc21. The Balaban J connectivity index is 1.11. The first-order chi connectivity index (χ1) is 19.2. The maximum Gasteiger partial charge on any atom is 0.242 e. The fraction of sp³-hybridized carbons (Fsp3) is 0.517. The molecule has 0 amide bonds. The number of ether oxygens (including phenoxy) is 4. The van der Waals surface area contributed by atoms with Crippen LogP contribution in [0.3, 0.4) is 0 Å². The van der Waals surface area contributed by atoms with Gasteiger partial charge in [-0.25, -0.2) is 19.1 Å². The van der Waals surface area contributed by atoms with E-state index in [4.69, 9.17) is 18.9 Å². The highest BCUT2D eigenvalue weighted by molar-refractivity contribution is 5.70. The molecular formula is C29H40N4O6+2. The quantitative estimate of drug-likeness (QED) is 0.144. The number of unbranched alkanes of at least 4 members (excludes halogenated alkanes) is 2. The smallest absolute Gasteiger partial charge is 0.242 e. The second-order valence-electron chi connectivity index (χ2n) is 10.0. The van der Waals surface area contributed by atoms with Crippen LogP contribution in [0.15, 0.2) is 61.2 Å². The Bertz CT molecular complexity index is 1310. The number of aromatic amines is 2. The number of rotatable bonds is 14. The number of aliphatic hydroxyl groups is 2. The number of benzene rings is 2. The third-order valence-electron chi connectivity index (χ3n) is 7.42. The highest BCUT2D eigenvalue weighted by Gasteiger charge is 2.46. The topological polar surface area (TPSA) is 117 Å². The normalized spacial score (nSPS) is 23.6. The van der Waals surface area contributed by atoms with E-state index in [1.54, 1.807) is 0 Å². The molecule has 2 aromatic heterocycles. The first kappa shape index (κ1) is 27.7. The molecule has 10 nitrogen and oxygen atoms in total. The summed E-state index contributed by atoms with van der Waals surface area (Å²) in [5.41, 5.74) is 4.57. The van der Waals surface area contributed by atoms with Gasteiger partial charge >= 0.3 is 0 Å². The summed E-state index contributed by atoms with van der Waals surface area (Å²) in [5.74, 6) is 0. The van der Waals surface area contributed by atoms with Gasteiger partial charge in [0.1, 0.15) is 24.4 Å². The van der Waals surface area contributed by atoms with E-state index in [9.17, 15) is 10.2 Å². The molecular weight excluding hydrogens is 500 g/mol. The number of H-pyrrole nitrogens is 2. The number of imidazole rings is 2. The van der Waals surface area contributed by atoms with Gasteiger partial charge in [0.15, 0.2) is 28.4 Å². The minimum absolute atomic E-state index is 0.327. The second kappa shape index (κ2) is 13.5. The van der Waals surface area contributed by atoms with Crippen molar-refractivity contribution in [1.29, 1.82) is 0 Å². The average molecular weight is 541 g/mol. The third-order valence-corrected chi connectivity index (χ3v) is 7.42. The van der Waals surface area contributed by atoms with Gasteiger partial charge in [-0.15, -0.1) is 0 Å². The molecule has 2 aromatic carbocycles. The van der Waals surface area contributed by atoms with Gasteiger partial charge in [0, 0.05) is 20.3 Å². The molecule has 1 aliphatic heterocycles. The molecule has 5 rings (SSSR count). The Morgan fingerprint density at radius 3 is 1.87 bits per heavy atom. The van der Waals surface area contributed by atoms with E-state index >= 15 is 0 Å². The molecule has 0 radical (unpaired) electrons.